The second-order valence-electron chi connectivity index (χ2n) is 5.90. The van der Waals surface area contributed by atoms with Crippen LogP contribution in [-0.2, 0) is 9.57 Å². The van der Waals surface area contributed by atoms with Crippen LogP contribution in [0.1, 0.15) is 11.1 Å². The van der Waals surface area contributed by atoms with Crippen LogP contribution < -0.4 is 10.8 Å². The molecule has 1 aliphatic heterocycles. The molecule has 0 fully saturated rings. The molecule has 3 rings (SSSR count). The van der Waals surface area contributed by atoms with Gasteiger partial charge in [0, 0.05) is 21.2 Å². The first-order valence-corrected chi connectivity index (χ1v) is 9.07. The van der Waals surface area contributed by atoms with E-state index >= 15 is 0 Å². The van der Waals surface area contributed by atoms with Crippen molar-refractivity contribution in [2.45, 2.75) is 12.3 Å². The number of carbonyl (C=O) groups is 1. The van der Waals surface area contributed by atoms with E-state index in [1.165, 1.54) is 36.4 Å². The minimum atomic E-state index is -4.71. The summed E-state index contributed by atoms with van der Waals surface area (Å²) in [6, 6.07) is 8.37. The summed E-state index contributed by atoms with van der Waals surface area (Å²) in [5.74, 6) is 0. The zero-order valence-corrected chi connectivity index (χ0v) is 16.8. The van der Waals surface area contributed by atoms with Crippen LogP contribution in [0, 0.1) is 0 Å². The zero-order valence-electron chi connectivity index (χ0n) is 14.5. The highest BCUT2D eigenvalue weighted by atomic mass is 35.5. The van der Waals surface area contributed by atoms with E-state index in [1.54, 1.807) is 0 Å². The van der Waals surface area contributed by atoms with Crippen LogP contribution in [0.25, 0.3) is 11.3 Å². The van der Waals surface area contributed by atoms with Crippen LogP contribution in [0.4, 0.5) is 23.7 Å². The molecule has 5 nitrogen and oxygen atoms in total. The first kappa shape index (κ1) is 21.6. The number of ether oxygens (including phenoxy) is 1. The molecule has 0 saturated carbocycles. The molecule has 1 atom stereocenters. The number of benzene rings is 2. The Bertz CT molecular complexity index is 976. The molecule has 1 aliphatic rings. The lowest BCUT2D eigenvalue weighted by Gasteiger charge is -2.17. The third kappa shape index (κ3) is 4.72. The van der Waals surface area contributed by atoms with Crippen molar-refractivity contribution >= 4 is 57.9 Å². The highest BCUT2D eigenvalue weighted by Crippen LogP contribution is 2.43. The third-order valence-electron chi connectivity index (χ3n) is 3.96. The molecule has 29 heavy (non-hydrogen) atoms. The van der Waals surface area contributed by atoms with Gasteiger partial charge in [-0.05, 0) is 35.9 Å². The van der Waals surface area contributed by atoms with Gasteiger partial charge in [-0.3, -0.25) is 15.6 Å². The molecule has 2 aromatic carbocycles. The number of rotatable bonds is 3. The van der Waals surface area contributed by atoms with Gasteiger partial charge in [0.2, 0.25) is 6.10 Å². The van der Waals surface area contributed by atoms with E-state index in [9.17, 15) is 18.0 Å². The Morgan fingerprint density at radius 3 is 2.34 bits per heavy atom. The normalized spacial score (nSPS) is 16.6. The second-order valence-corrected chi connectivity index (χ2v) is 7.18. The van der Waals surface area contributed by atoms with Gasteiger partial charge >= 0.3 is 12.3 Å². The number of hydrogen-bond acceptors (Lipinski definition) is 4. The molecule has 0 spiro atoms. The first-order valence-electron chi connectivity index (χ1n) is 7.94. The summed E-state index contributed by atoms with van der Waals surface area (Å²) in [7, 11) is 1.16. The average molecular weight is 468 g/mol. The molecule has 154 valence electrons. The van der Waals surface area contributed by atoms with E-state index in [1.807, 2.05) is 0 Å². The lowest BCUT2D eigenvalue weighted by atomic mass is 9.95. The summed E-state index contributed by atoms with van der Waals surface area (Å²) < 4.78 is 45.3. The van der Waals surface area contributed by atoms with E-state index in [0.717, 1.165) is 7.11 Å². The van der Waals surface area contributed by atoms with Crippen molar-refractivity contribution in [2.75, 3.05) is 12.4 Å². The van der Waals surface area contributed by atoms with E-state index in [2.05, 4.69) is 15.5 Å². The lowest BCUT2D eigenvalue weighted by Crippen LogP contribution is -2.31. The van der Waals surface area contributed by atoms with Crippen LogP contribution in [0.15, 0.2) is 36.4 Å². The summed E-state index contributed by atoms with van der Waals surface area (Å²) in [6.07, 6.45) is -7.76. The first-order chi connectivity index (χ1) is 13.6. The lowest BCUT2D eigenvalue weighted by molar-refractivity contribution is -0.205. The Labute approximate surface area is 178 Å². The SMILES string of the molecule is COC(=O)Nc1cc(C2=C(c3cc(Cl)cc(Cl)c3)C(C(F)(F)F)ON2)ccc1Cl. The largest absolute Gasteiger partial charge is 0.453 e. The van der Waals surface area contributed by atoms with Crippen molar-refractivity contribution in [3.8, 4) is 0 Å². The Kier molecular flexibility index (Phi) is 6.19. The van der Waals surface area contributed by atoms with Gasteiger partial charge in [-0.1, -0.05) is 40.9 Å². The van der Waals surface area contributed by atoms with Crippen LogP contribution >= 0.6 is 34.8 Å². The topological polar surface area (TPSA) is 59.6 Å². The molecule has 0 saturated heterocycles. The van der Waals surface area contributed by atoms with E-state index in [0.29, 0.717) is 0 Å². The number of alkyl halides is 3. The van der Waals surface area contributed by atoms with Gasteiger partial charge in [0.25, 0.3) is 0 Å². The Hall–Kier alpha value is -2.13. The van der Waals surface area contributed by atoms with Crippen LogP contribution in [0.3, 0.4) is 0 Å². The Morgan fingerprint density at radius 1 is 1.10 bits per heavy atom. The molecule has 2 aromatic rings. The van der Waals surface area contributed by atoms with Crippen molar-refractivity contribution in [2.24, 2.45) is 0 Å². The van der Waals surface area contributed by atoms with Gasteiger partial charge in [0.15, 0.2) is 0 Å². The fourth-order valence-electron chi connectivity index (χ4n) is 2.75. The zero-order chi connectivity index (χ0) is 21.3. The minimum absolute atomic E-state index is 0.0234. The molecule has 11 heteroatoms. The van der Waals surface area contributed by atoms with E-state index in [-0.39, 0.29) is 43.2 Å². The maximum Gasteiger partial charge on any atom is 0.421 e. The maximum atomic E-state index is 13.6. The summed E-state index contributed by atoms with van der Waals surface area (Å²) >= 11 is 18.0. The molecule has 1 unspecified atom stereocenters. The smallest absolute Gasteiger partial charge is 0.421 e. The van der Waals surface area contributed by atoms with Gasteiger partial charge in [0.1, 0.15) is 0 Å². The fourth-order valence-corrected chi connectivity index (χ4v) is 3.44. The summed E-state index contributed by atoms with van der Waals surface area (Å²) in [6.45, 7) is 0. The number of anilines is 1. The molecular formula is C18H12Cl3F3N2O3. The van der Waals surface area contributed by atoms with Gasteiger partial charge < -0.3 is 4.74 Å². The Balaban J connectivity index is 2.18. The van der Waals surface area contributed by atoms with Crippen molar-refractivity contribution < 1.29 is 27.5 Å². The van der Waals surface area contributed by atoms with Crippen molar-refractivity contribution in [1.29, 1.82) is 0 Å². The average Bonchev–Trinajstić information content (AvgIpc) is 3.08. The van der Waals surface area contributed by atoms with E-state index < -0.39 is 18.4 Å². The number of hydrogen-bond donors (Lipinski definition) is 2. The highest BCUT2D eigenvalue weighted by molar-refractivity contribution is 6.35. The second kappa shape index (κ2) is 8.31. The predicted octanol–water partition coefficient (Wildman–Crippen LogP) is 6.16. The number of nitrogens with one attached hydrogen (secondary N) is 2. The molecule has 0 radical (unpaired) electrons. The molecule has 1 amide bonds. The molecule has 2 N–H and O–H groups in total. The monoisotopic (exact) mass is 466 g/mol. The van der Waals surface area contributed by atoms with Gasteiger partial charge in [0.05, 0.1) is 23.5 Å². The number of methoxy groups -OCH3 is 1. The third-order valence-corrected chi connectivity index (χ3v) is 4.72. The Morgan fingerprint density at radius 2 is 1.76 bits per heavy atom. The molecular weight excluding hydrogens is 456 g/mol. The quantitative estimate of drug-likeness (QED) is 0.568. The van der Waals surface area contributed by atoms with Crippen molar-refractivity contribution in [3.05, 3.63) is 62.6 Å². The fraction of sp³-hybridized carbons (Fsp3) is 0.167. The van der Waals surface area contributed by atoms with Crippen LogP contribution in [-0.4, -0.2) is 25.5 Å². The number of halogens is 6. The number of amides is 1. The van der Waals surface area contributed by atoms with Crippen molar-refractivity contribution in [3.63, 3.8) is 0 Å². The maximum absolute atomic E-state index is 13.6. The standard InChI is InChI=1S/C18H12Cl3F3N2O3/c1-28-17(27)25-13-6-8(2-3-12(13)21)15-14(16(29-26-15)18(22,23)24)9-4-10(19)7-11(20)5-9/h2-7,16,26H,1H3,(H,25,27). The highest BCUT2D eigenvalue weighted by Gasteiger charge is 2.48. The van der Waals surface area contributed by atoms with E-state index in [4.69, 9.17) is 39.6 Å². The number of hydroxylamine groups is 1. The number of carbonyl (C=O) groups excluding carboxylic acids is 1. The molecule has 1 heterocycles. The molecule has 0 aliphatic carbocycles. The summed E-state index contributed by atoms with van der Waals surface area (Å²) in [5, 5.41) is 2.88. The van der Waals surface area contributed by atoms with Gasteiger partial charge in [-0.25, -0.2) is 4.79 Å². The minimum Gasteiger partial charge on any atom is -0.453 e. The van der Waals surface area contributed by atoms with Crippen LogP contribution in [0.2, 0.25) is 15.1 Å². The molecule has 0 bridgehead atoms. The summed E-state index contributed by atoms with van der Waals surface area (Å²) in [5.41, 5.74) is 2.67. The van der Waals surface area contributed by atoms with Gasteiger partial charge in [-0.2, -0.15) is 13.2 Å². The van der Waals surface area contributed by atoms with Gasteiger partial charge in [-0.15, -0.1) is 0 Å². The van der Waals surface area contributed by atoms with Crippen molar-refractivity contribution in [1.82, 2.24) is 5.48 Å². The predicted molar refractivity (Wildman–Crippen MR) is 105 cm³/mol. The van der Waals surface area contributed by atoms with Crippen LogP contribution in [0.5, 0.6) is 0 Å². The molecule has 0 aromatic heterocycles. The summed E-state index contributed by atoms with van der Waals surface area (Å²) in [4.78, 5) is 16.3.